The molecule has 0 aliphatic carbocycles. The molecule has 0 N–H and O–H groups in total. The molecule has 1 nitrogen and oxygen atoms in total. The molecule has 0 saturated carbocycles. The van der Waals surface area contributed by atoms with E-state index in [0.29, 0.717) is 6.42 Å². The lowest BCUT2D eigenvalue weighted by Crippen LogP contribution is -2.08. The van der Waals surface area contributed by atoms with Crippen LogP contribution in [0.2, 0.25) is 0 Å². The molecule has 74 valence electrons. The molecule has 0 aromatic carbocycles. The van der Waals surface area contributed by atoms with Crippen molar-refractivity contribution in [2.24, 2.45) is 11.3 Å². The molecule has 0 aromatic heterocycles. The maximum Gasteiger partial charge on any atom is 0.147 e. The van der Waals surface area contributed by atoms with Crippen molar-refractivity contribution in [1.29, 1.82) is 0 Å². The Morgan fingerprint density at radius 3 is 2.31 bits per heavy atom. The fourth-order valence-electron chi connectivity index (χ4n) is 0.798. The fourth-order valence-corrected chi connectivity index (χ4v) is 0.798. The van der Waals surface area contributed by atoms with Crippen molar-refractivity contribution in [3.05, 3.63) is 0 Å². The van der Waals surface area contributed by atoms with Gasteiger partial charge in [0.2, 0.25) is 0 Å². The summed E-state index contributed by atoms with van der Waals surface area (Å²) in [5.74, 6) is 6.43. The normalized spacial score (nSPS) is 13.0. The van der Waals surface area contributed by atoms with Gasteiger partial charge in [-0.1, -0.05) is 25.7 Å². The number of hydrogen-bond donors (Lipinski definition) is 0. The van der Waals surface area contributed by atoms with Crippen LogP contribution in [0.3, 0.4) is 0 Å². The molecule has 1 atom stereocenters. The van der Waals surface area contributed by atoms with Gasteiger partial charge in [-0.15, -0.1) is 0 Å². The summed E-state index contributed by atoms with van der Waals surface area (Å²) >= 11 is 0. The molecule has 1 unspecified atom stereocenters. The monoisotopic (exact) mass is 180 g/mol. The van der Waals surface area contributed by atoms with E-state index in [1.807, 2.05) is 34.6 Å². The SMILES string of the molecule is CCC(C)C(=O)CC#CC(C)(C)C. The van der Waals surface area contributed by atoms with Crippen LogP contribution in [0.1, 0.15) is 47.5 Å². The van der Waals surface area contributed by atoms with Crippen molar-refractivity contribution >= 4 is 5.78 Å². The minimum Gasteiger partial charge on any atom is -0.298 e. The molecule has 0 bridgehead atoms. The quantitative estimate of drug-likeness (QED) is 0.610. The highest BCUT2D eigenvalue weighted by molar-refractivity contribution is 5.82. The summed E-state index contributed by atoms with van der Waals surface area (Å²) in [6.07, 6.45) is 1.32. The first-order valence-electron chi connectivity index (χ1n) is 4.89. The third-order valence-corrected chi connectivity index (χ3v) is 1.89. The van der Waals surface area contributed by atoms with Gasteiger partial charge in [-0.2, -0.15) is 0 Å². The Morgan fingerprint density at radius 2 is 1.92 bits per heavy atom. The Morgan fingerprint density at radius 1 is 1.38 bits per heavy atom. The van der Waals surface area contributed by atoms with Gasteiger partial charge in [-0.25, -0.2) is 0 Å². The third kappa shape index (κ3) is 6.40. The van der Waals surface area contributed by atoms with E-state index in [1.54, 1.807) is 0 Å². The summed E-state index contributed by atoms with van der Waals surface area (Å²) in [4.78, 5) is 11.4. The minimum absolute atomic E-state index is 0.00966. The summed E-state index contributed by atoms with van der Waals surface area (Å²) in [5, 5.41) is 0. The molecule has 0 heterocycles. The Hall–Kier alpha value is -0.770. The van der Waals surface area contributed by atoms with Gasteiger partial charge in [-0.05, 0) is 27.2 Å². The zero-order chi connectivity index (χ0) is 10.5. The largest absolute Gasteiger partial charge is 0.298 e. The highest BCUT2D eigenvalue weighted by Crippen LogP contribution is 2.10. The molecule has 13 heavy (non-hydrogen) atoms. The molecule has 0 rings (SSSR count). The van der Waals surface area contributed by atoms with Gasteiger partial charge in [0.25, 0.3) is 0 Å². The molecule has 0 spiro atoms. The predicted molar refractivity (Wildman–Crippen MR) is 56.3 cm³/mol. The van der Waals surface area contributed by atoms with Crippen molar-refractivity contribution in [2.75, 3.05) is 0 Å². The van der Waals surface area contributed by atoms with Crippen LogP contribution < -0.4 is 0 Å². The summed E-state index contributed by atoms with van der Waals surface area (Å²) in [5.41, 5.74) is 0.00966. The van der Waals surface area contributed by atoms with Crippen molar-refractivity contribution in [1.82, 2.24) is 0 Å². The van der Waals surface area contributed by atoms with Crippen molar-refractivity contribution in [3.63, 3.8) is 0 Å². The first kappa shape index (κ1) is 12.2. The molecule has 0 aromatic rings. The van der Waals surface area contributed by atoms with Gasteiger partial charge >= 0.3 is 0 Å². The van der Waals surface area contributed by atoms with E-state index in [9.17, 15) is 4.79 Å². The molecular weight excluding hydrogens is 160 g/mol. The maximum atomic E-state index is 11.4. The first-order valence-corrected chi connectivity index (χ1v) is 4.89. The summed E-state index contributed by atoms with van der Waals surface area (Å²) in [7, 11) is 0. The van der Waals surface area contributed by atoms with Crippen LogP contribution in [-0.2, 0) is 4.79 Å². The van der Waals surface area contributed by atoms with Gasteiger partial charge in [0.05, 0.1) is 6.42 Å². The van der Waals surface area contributed by atoms with E-state index < -0.39 is 0 Å². The molecule has 1 heteroatoms. The van der Waals surface area contributed by atoms with Crippen LogP contribution >= 0.6 is 0 Å². The average molecular weight is 180 g/mol. The average Bonchev–Trinajstić information content (AvgIpc) is 2.00. The van der Waals surface area contributed by atoms with E-state index >= 15 is 0 Å². The van der Waals surface area contributed by atoms with Crippen LogP contribution in [0, 0.1) is 23.2 Å². The summed E-state index contributed by atoms with van der Waals surface area (Å²) in [6.45, 7) is 10.1. The topological polar surface area (TPSA) is 17.1 Å². The second kappa shape index (κ2) is 5.07. The van der Waals surface area contributed by atoms with Crippen LogP contribution in [0.15, 0.2) is 0 Å². The Balaban J connectivity index is 4.01. The Labute approximate surface area is 81.9 Å². The van der Waals surface area contributed by atoms with Crippen LogP contribution in [0.4, 0.5) is 0 Å². The molecule has 0 aliphatic rings. The van der Waals surface area contributed by atoms with E-state index in [4.69, 9.17) is 0 Å². The third-order valence-electron chi connectivity index (χ3n) is 1.89. The zero-order valence-corrected chi connectivity index (χ0v) is 9.40. The molecule has 0 aliphatic heterocycles. The van der Waals surface area contributed by atoms with E-state index in [1.165, 1.54) is 0 Å². The van der Waals surface area contributed by atoms with Crippen LogP contribution in [0.5, 0.6) is 0 Å². The van der Waals surface area contributed by atoms with Gasteiger partial charge < -0.3 is 0 Å². The van der Waals surface area contributed by atoms with Crippen molar-refractivity contribution in [3.8, 4) is 11.8 Å². The fraction of sp³-hybridized carbons (Fsp3) is 0.750. The second-order valence-corrected chi connectivity index (χ2v) is 4.50. The lowest BCUT2D eigenvalue weighted by molar-refractivity contribution is -0.121. The molecule has 0 fully saturated rings. The highest BCUT2D eigenvalue weighted by Gasteiger charge is 2.09. The number of Topliss-reactive ketones (excluding diaryl/α,β-unsaturated/α-hetero) is 1. The summed E-state index contributed by atoms with van der Waals surface area (Å²) < 4.78 is 0. The number of rotatable bonds is 3. The lowest BCUT2D eigenvalue weighted by atomic mass is 9.96. The van der Waals surface area contributed by atoms with Gasteiger partial charge in [0.1, 0.15) is 5.78 Å². The Kier molecular flexibility index (Phi) is 4.77. The highest BCUT2D eigenvalue weighted by atomic mass is 16.1. The Bertz CT molecular complexity index is 222. The first-order chi connectivity index (χ1) is 5.87. The summed E-state index contributed by atoms with van der Waals surface area (Å²) in [6, 6.07) is 0. The van der Waals surface area contributed by atoms with Crippen LogP contribution in [-0.4, -0.2) is 5.78 Å². The molecule has 0 radical (unpaired) electrons. The van der Waals surface area contributed by atoms with Gasteiger partial charge in [-0.3, -0.25) is 4.79 Å². The predicted octanol–water partition coefficient (Wildman–Crippen LogP) is 3.04. The number of hydrogen-bond acceptors (Lipinski definition) is 1. The minimum atomic E-state index is 0.00966. The number of carbonyl (C=O) groups is 1. The molecular formula is C12H20O. The maximum absolute atomic E-state index is 11.4. The van der Waals surface area contributed by atoms with E-state index in [2.05, 4.69) is 11.8 Å². The standard InChI is InChI=1S/C12H20O/c1-6-10(2)11(13)8-7-9-12(3,4)5/h10H,6,8H2,1-5H3. The zero-order valence-electron chi connectivity index (χ0n) is 9.40. The smallest absolute Gasteiger partial charge is 0.147 e. The molecule has 0 saturated heterocycles. The number of carbonyl (C=O) groups excluding carboxylic acids is 1. The lowest BCUT2D eigenvalue weighted by Gasteiger charge is -2.07. The van der Waals surface area contributed by atoms with E-state index in [0.717, 1.165) is 6.42 Å². The van der Waals surface area contributed by atoms with Crippen LogP contribution in [0.25, 0.3) is 0 Å². The van der Waals surface area contributed by atoms with Crippen molar-refractivity contribution in [2.45, 2.75) is 47.5 Å². The number of ketones is 1. The second-order valence-electron chi connectivity index (χ2n) is 4.50. The van der Waals surface area contributed by atoms with E-state index in [-0.39, 0.29) is 17.1 Å². The molecule has 0 amide bonds. The van der Waals surface area contributed by atoms with Gasteiger partial charge in [0, 0.05) is 11.3 Å². The van der Waals surface area contributed by atoms with Crippen molar-refractivity contribution < 1.29 is 4.79 Å². The van der Waals surface area contributed by atoms with Gasteiger partial charge in [0.15, 0.2) is 0 Å².